The summed E-state index contributed by atoms with van der Waals surface area (Å²) in [5, 5.41) is 4.18. The maximum absolute atomic E-state index is 14.2. The molecular weight excluding hydrogens is 293 g/mol. The topological polar surface area (TPSA) is 64.9 Å². The lowest BCUT2D eigenvalue weighted by atomic mass is 10.00. The molecule has 0 amide bonds. The highest BCUT2D eigenvalue weighted by Crippen LogP contribution is 2.41. The van der Waals surface area contributed by atoms with E-state index in [1.807, 2.05) is 13.0 Å². The molecule has 0 aliphatic heterocycles. The van der Waals surface area contributed by atoms with Crippen LogP contribution >= 0.6 is 11.6 Å². The predicted octanol–water partition coefficient (Wildman–Crippen LogP) is 4.09. The lowest BCUT2D eigenvalue weighted by molar-refractivity contribution is 0.439. The van der Waals surface area contributed by atoms with E-state index in [1.54, 1.807) is 18.3 Å². The summed E-state index contributed by atoms with van der Waals surface area (Å²) in [6.07, 6.45) is 1.66. The third-order valence-electron chi connectivity index (χ3n) is 3.19. The molecule has 2 heterocycles. The van der Waals surface area contributed by atoms with Gasteiger partial charge in [0.2, 0.25) is 5.88 Å². The number of pyridine rings is 1. The minimum atomic E-state index is -0.486. The van der Waals surface area contributed by atoms with Crippen molar-refractivity contribution < 1.29 is 8.91 Å². The second kappa shape index (κ2) is 5.18. The number of nitrogens with two attached hydrogens (primary N) is 1. The van der Waals surface area contributed by atoms with E-state index in [2.05, 4.69) is 10.1 Å². The minimum Gasteiger partial charge on any atom is -0.367 e. The van der Waals surface area contributed by atoms with Crippen LogP contribution in [-0.4, -0.2) is 10.1 Å². The number of anilines is 1. The fourth-order valence-electron chi connectivity index (χ4n) is 2.20. The molecule has 3 aromatic rings. The Balaban J connectivity index is 2.31. The summed E-state index contributed by atoms with van der Waals surface area (Å²) in [7, 11) is 0. The number of aromatic nitrogens is 2. The van der Waals surface area contributed by atoms with E-state index in [0.717, 1.165) is 5.69 Å². The van der Waals surface area contributed by atoms with Gasteiger partial charge in [0.1, 0.15) is 11.5 Å². The zero-order valence-corrected chi connectivity index (χ0v) is 11.9. The van der Waals surface area contributed by atoms with Gasteiger partial charge >= 0.3 is 0 Å². The van der Waals surface area contributed by atoms with Crippen LogP contribution in [0, 0.1) is 12.7 Å². The third-order valence-corrected chi connectivity index (χ3v) is 3.51. The summed E-state index contributed by atoms with van der Waals surface area (Å²) in [5.74, 6) is -0.472. The molecule has 1 aromatic carbocycles. The van der Waals surface area contributed by atoms with E-state index in [0.29, 0.717) is 16.8 Å². The molecule has 0 unspecified atom stereocenters. The molecule has 2 aromatic heterocycles. The average Bonchev–Trinajstić information content (AvgIpc) is 2.81. The van der Waals surface area contributed by atoms with E-state index < -0.39 is 5.82 Å². The van der Waals surface area contributed by atoms with Gasteiger partial charge in [0.25, 0.3) is 0 Å². The smallest absolute Gasteiger partial charge is 0.230 e. The van der Waals surface area contributed by atoms with Crippen LogP contribution in [0.4, 0.5) is 10.3 Å². The van der Waals surface area contributed by atoms with Crippen LogP contribution in [0.2, 0.25) is 5.02 Å². The molecule has 3 rings (SSSR count). The van der Waals surface area contributed by atoms with E-state index in [9.17, 15) is 4.39 Å². The van der Waals surface area contributed by atoms with Crippen molar-refractivity contribution in [1.82, 2.24) is 10.1 Å². The Kier molecular flexibility index (Phi) is 3.35. The second-order valence-corrected chi connectivity index (χ2v) is 4.91. The number of benzene rings is 1. The largest absolute Gasteiger partial charge is 0.367 e. The normalized spacial score (nSPS) is 10.8. The minimum absolute atomic E-state index is 0.0141. The van der Waals surface area contributed by atoms with Gasteiger partial charge < -0.3 is 10.3 Å². The first-order chi connectivity index (χ1) is 10.1. The monoisotopic (exact) mass is 303 g/mol. The van der Waals surface area contributed by atoms with Gasteiger partial charge in [-0.2, -0.15) is 0 Å². The van der Waals surface area contributed by atoms with Gasteiger partial charge in [-0.3, -0.25) is 4.98 Å². The van der Waals surface area contributed by atoms with Gasteiger partial charge in [0, 0.05) is 23.0 Å². The number of nitrogen functional groups attached to an aromatic ring is 1. The van der Waals surface area contributed by atoms with Crippen LogP contribution in [0.25, 0.3) is 22.4 Å². The van der Waals surface area contributed by atoms with E-state index >= 15 is 0 Å². The van der Waals surface area contributed by atoms with Crippen molar-refractivity contribution in [2.24, 2.45) is 0 Å². The molecular formula is C15H11ClFN3O. The van der Waals surface area contributed by atoms with Crippen molar-refractivity contribution in [3.05, 3.63) is 53.1 Å². The zero-order chi connectivity index (χ0) is 15.0. The molecule has 0 saturated carbocycles. The second-order valence-electron chi connectivity index (χ2n) is 4.50. The summed E-state index contributed by atoms with van der Waals surface area (Å²) in [5.41, 5.74) is 8.21. The van der Waals surface area contributed by atoms with Crippen LogP contribution in [0.5, 0.6) is 0 Å². The number of nitrogens with zero attached hydrogens (tertiary/aromatic N) is 2. The molecule has 0 aliphatic rings. The first-order valence-corrected chi connectivity index (χ1v) is 6.59. The number of aryl methyl sites for hydroxylation is 1. The van der Waals surface area contributed by atoms with Gasteiger partial charge in [0.05, 0.1) is 10.6 Å². The van der Waals surface area contributed by atoms with Crippen molar-refractivity contribution >= 4 is 17.5 Å². The van der Waals surface area contributed by atoms with Gasteiger partial charge in [0.15, 0.2) is 0 Å². The van der Waals surface area contributed by atoms with Crippen molar-refractivity contribution in [3.63, 3.8) is 0 Å². The summed E-state index contributed by atoms with van der Waals surface area (Å²) in [6.45, 7) is 1.83. The fraction of sp³-hybridized carbons (Fsp3) is 0.0667. The summed E-state index contributed by atoms with van der Waals surface area (Å²) in [4.78, 5) is 4.20. The van der Waals surface area contributed by atoms with E-state index in [1.165, 1.54) is 12.1 Å². The molecule has 0 saturated heterocycles. The Morgan fingerprint density at radius 1 is 1.19 bits per heavy atom. The summed E-state index contributed by atoms with van der Waals surface area (Å²) < 4.78 is 19.2. The van der Waals surface area contributed by atoms with Crippen LogP contribution in [0.15, 0.2) is 41.1 Å². The fourth-order valence-corrected chi connectivity index (χ4v) is 2.46. The molecule has 0 radical (unpaired) electrons. The summed E-state index contributed by atoms with van der Waals surface area (Å²) >= 11 is 6.11. The molecule has 0 fully saturated rings. The molecule has 2 N–H and O–H groups in total. The van der Waals surface area contributed by atoms with Crippen LogP contribution in [0.1, 0.15) is 5.69 Å². The highest BCUT2D eigenvalue weighted by molar-refractivity contribution is 6.33. The number of halogens is 2. The number of hydrogen-bond acceptors (Lipinski definition) is 4. The molecule has 106 valence electrons. The van der Waals surface area contributed by atoms with Gasteiger partial charge in [-0.05, 0) is 31.2 Å². The highest BCUT2D eigenvalue weighted by Gasteiger charge is 2.23. The zero-order valence-electron chi connectivity index (χ0n) is 11.1. The van der Waals surface area contributed by atoms with E-state index in [-0.39, 0.29) is 16.5 Å². The Labute approximate surface area is 125 Å². The molecule has 21 heavy (non-hydrogen) atoms. The molecule has 0 atom stereocenters. The maximum atomic E-state index is 14.2. The Hall–Kier alpha value is -2.40. The third kappa shape index (κ3) is 2.25. The first kappa shape index (κ1) is 13.6. The average molecular weight is 304 g/mol. The van der Waals surface area contributed by atoms with Gasteiger partial charge in [-0.25, -0.2) is 4.39 Å². The van der Waals surface area contributed by atoms with Crippen LogP contribution in [0.3, 0.4) is 0 Å². The van der Waals surface area contributed by atoms with Gasteiger partial charge in [-0.1, -0.05) is 22.8 Å². The standard InChI is InChI=1S/C15H11ClFN3O/c1-8-9(4-3-7-19-8)14-13(15(18)21-20-14)12-10(16)5-2-6-11(12)17/h2-7H,18H2,1H3. The van der Waals surface area contributed by atoms with Crippen molar-refractivity contribution in [2.75, 3.05) is 5.73 Å². The van der Waals surface area contributed by atoms with Gasteiger partial charge in [-0.15, -0.1) is 0 Å². The highest BCUT2D eigenvalue weighted by atomic mass is 35.5. The lowest BCUT2D eigenvalue weighted by Gasteiger charge is -2.07. The Morgan fingerprint density at radius 2 is 2.00 bits per heavy atom. The van der Waals surface area contributed by atoms with Crippen LogP contribution in [-0.2, 0) is 0 Å². The Morgan fingerprint density at radius 3 is 2.71 bits per heavy atom. The SMILES string of the molecule is Cc1ncccc1-c1noc(N)c1-c1c(F)cccc1Cl. The molecule has 4 nitrogen and oxygen atoms in total. The number of hydrogen-bond donors (Lipinski definition) is 1. The van der Waals surface area contributed by atoms with Crippen molar-refractivity contribution in [1.29, 1.82) is 0 Å². The van der Waals surface area contributed by atoms with Crippen molar-refractivity contribution in [3.8, 4) is 22.4 Å². The summed E-state index contributed by atoms with van der Waals surface area (Å²) in [6, 6.07) is 8.01. The Bertz CT molecular complexity index is 796. The van der Waals surface area contributed by atoms with E-state index in [4.69, 9.17) is 21.9 Å². The molecule has 6 heteroatoms. The van der Waals surface area contributed by atoms with Crippen molar-refractivity contribution in [2.45, 2.75) is 6.92 Å². The quantitative estimate of drug-likeness (QED) is 0.774. The first-order valence-electron chi connectivity index (χ1n) is 6.21. The molecule has 0 aliphatic carbocycles. The predicted molar refractivity (Wildman–Crippen MR) is 79.3 cm³/mol. The molecule has 0 bridgehead atoms. The lowest BCUT2D eigenvalue weighted by Crippen LogP contribution is -1.94. The molecule has 0 spiro atoms. The number of rotatable bonds is 2. The maximum Gasteiger partial charge on any atom is 0.230 e. The van der Waals surface area contributed by atoms with Crippen LogP contribution < -0.4 is 5.73 Å².